The van der Waals surface area contributed by atoms with E-state index in [1.165, 1.54) is 33.0 Å². The molecule has 0 atom stereocenters. The third-order valence-corrected chi connectivity index (χ3v) is 16.2. The molecule has 0 unspecified atom stereocenters. The summed E-state index contributed by atoms with van der Waals surface area (Å²) in [7, 11) is -1.74. The number of aromatic hydroxyl groups is 1. The van der Waals surface area contributed by atoms with Crippen LogP contribution in [0.5, 0.6) is 5.75 Å². The molecule has 0 aliphatic carbocycles. The van der Waals surface area contributed by atoms with Crippen LogP contribution >= 0.6 is 0 Å². The van der Waals surface area contributed by atoms with Crippen molar-refractivity contribution < 1.29 is 26.2 Å². The van der Waals surface area contributed by atoms with Gasteiger partial charge < -0.3 is 5.11 Å². The van der Waals surface area contributed by atoms with Crippen LogP contribution in [0.15, 0.2) is 158 Å². The number of para-hydroxylation sites is 1. The minimum Gasteiger partial charge on any atom is -0.507 e. The Morgan fingerprint density at radius 2 is 1.05 bits per heavy atom. The first-order valence-electron chi connectivity index (χ1n) is 25.6. The number of imidazole rings is 1. The fraction of sp³-hybridized carbons (Fsp3) is 0.284. The van der Waals surface area contributed by atoms with Gasteiger partial charge in [0.2, 0.25) is 0 Å². The molecule has 0 saturated carbocycles. The number of aromatic nitrogens is 3. The third kappa shape index (κ3) is 10.8. The summed E-state index contributed by atoms with van der Waals surface area (Å²) in [5.41, 5.74) is 17.9. The number of pyridine rings is 1. The van der Waals surface area contributed by atoms with Gasteiger partial charge in [-0.15, -0.1) is 29.3 Å². The van der Waals surface area contributed by atoms with Crippen LogP contribution in [0.25, 0.3) is 83.9 Å². The number of hydrogen-bond acceptors (Lipinski definition) is 3. The molecular formula is C67H72N3OPtSi-. The van der Waals surface area contributed by atoms with E-state index in [-0.39, 0.29) is 48.5 Å². The van der Waals surface area contributed by atoms with Gasteiger partial charge in [-0.05, 0) is 90.9 Å². The van der Waals surface area contributed by atoms with Crippen molar-refractivity contribution in [2.45, 2.75) is 124 Å². The Labute approximate surface area is 451 Å². The van der Waals surface area contributed by atoms with Gasteiger partial charge in [-0.25, -0.2) is 4.98 Å². The standard InChI is InChI=1S/C67H72N3OSi.Pt/c1-64(2,3)49-30-32-58(54(40-49)44-25-20-17-21-26-44)70-59-28-22-27-53(61(59)69-63(70)55-41-51(66(7,8)9)42-56(62(55)71)67(10,11)12)47-35-48(37-50(36-47)65(4,5)6)57-38-46(33-34-68-57)45-29-31-52(43-23-18-16-19-24-43)60(39-45)72(13,14)15;/h16-34,36-42,71H,1-15H3;/q-1;. The molecule has 0 spiro atoms. The number of rotatable bonds is 8. The normalized spacial score (nSPS) is 12.5. The van der Waals surface area contributed by atoms with Gasteiger partial charge >= 0.3 is 0 Å². The molecule has 73 heavy (non-hydrogen) atoms. The minimum absolute atomic E-state index is 0. The van der Waals surface area contributed by atoms with Gasteiger partial charge in [-0.3, -0.25) is 9.55 Å². The number of nitrogens with zero attached hydrogens (tertiary/aromatic N) is 3. The zero-order valence-electron chi connectivity index (χ0n) is 45.6. The second-order valence-electron chi connectivity index (χ2n) is 25.0. The van der Waals surface area contributed by atoms with Crippen LogP contribution in [0.3, 0.4) is 0 Å². The number of phenolic OH excluding ortho intramolecular Hbond substituents is 1. The van der Waals surface area contributed by atoms with E-state index in [1.807, 2.05) is 6.20 Å². The van der Waals surface area contributed by atoms with Crippen molar-refractivity contribution in [2.75, 3.05) is 0 Å². The van der Waals surface area contributed by atoms with Crippen molar-refractivity contribution in [2.24, 2.45) is 0 Å². The van der Waals surface area contributed by atoms with Crippen molar-refractivity contribution in [3.8, 4) is 78.6 Å². The van der Waals surface area contributed by atoms with E-state index in [9.17, 15) is 5.11 Å². The maximum absolute atomic E-state index is 12.6. The SMILES string of the molecule is CC(C)(C)c1cc(-c2cc(-c3ccc(-c4ccccc4)c([Si](C)(C)C)c3)ccn2)[c-]c(-c2cccc3c2nc(-c2cc(C(C)(C)C)cc(C(C)(C)C)c2O)n3-c2ccc(C(C)(C)C)cc2-c2ccccc2)c1.[Pt]. The van der Waals surface area contributed by atoms with Crippen LogP contribution in [0, 0.1) is 6.07 Å². The zero-order valence-corrected chi connectivity index (χ0v) is 48.9. The number of hydrogen-bond donors (Lipinski definition) is 1. The van der Waals surface area contributed by atoms with Crippen molar-refractivity contribution >= 4 is 24.3 Å². The molecule has 0 fully saturated rings. The molecule has 0 bridgehead atoms. The van der Waals surface area contributed by atoms with Gasteiger partial charge in [0, 0.05) is 44.1 Å². The van der Waals surface area contributed by atoms with Crippen LogP contribution < -0.4 is 5.19 Å². The van der Waals surface area contributed by atoms with E-state index in [4.69, 9.17) is 9.97 Å². The van der Waals surface area contributed by atoms with E-state index in [2.05, 4.69) is 265 Å². The average Bonchev–Trinajstić information content (AvgIpc) is 3.72. The Morgan fingerprint density at radius 1 is 0.479 bits per heavy atom. The fourth-order valence-corrected chi connectivity index (χ4v) is 11.5. The predicted octanol–water partition coefficient (Wildman–Crippen LogP) is 17.7. The Kier molecular flexibility index (Phi) is 14.3. The molecule has 0 amide bonds. The Morgan fingerprint density at radius 3 is 1.66 bits per heavy atom. The first-order valence-corrected chi connectivity index (χ1v) is 29.1. The summed E-state index contributed by atoms with van der Waals surface area (Å²) in [6.07, 6.45) is 1.94. The average molecular weight is 1160 g/mol. The number of phenols is 1. The molecule has 0 radical (unpaired) electrons. The molecule has 0 saturated heterocycles. The summed E-state index contributed by atoms with van der Waals surface area (Å²) in [5, 5.41) is 14.1. The maximum Gasteiger partial charge on any atom is 0.148 e. The van der Waals surface area contributed by atoms with Crippen molar-refractivity contribution in [3.63, 3.8) is 0 Å². The van der Waals surface area contributed by atoms with E-state index in [0.29, 0.717) is 11.4 Å². The summed E-state index contributed by atoms with van der Waals surface area (Å²) in [5.74, 6) is 0.937. The largest absolute Gasteiger partial charge is 0.507 e. The second kappa shape index (κ2) is 19.6. The Hall–Kier alpha value is -6.13. The summed E-state index contributed by atoms with van der Waals surface area (Å²) < 4.78 is 2.29. The van der Waals surface area contributed by atoms with Gasteiger partial charge in [-0.2, -0.15) is 0 Å². The summed E-state index contributed by atoms with van der Waals surface area (Å²) in [6, 6.07) is 58.9. The molecule has 2 aromatic heterocycles. The zero-order chi connectivity index (χ0) is 51.7. The van der Waals surface area contributed by atoms with Crippen LogP contribution in [0.2, 0.25) is 19.6 Å². The number of benzene rings is 7. The van der Waals surface area contributed by atoms with Crippen LogP contribution in [0.1, 0.15) is 105 Å². The third-order valence-electron chi connectivity index (χ3n) is 14.2. The fourth-order valence-electron chi connectivity index (χ4n) is 9.85. The molecule has 2 heterocycles. The molecule has 0 aliphatic rings. The molecule has 9 rings (SSSR count). The molecule has 4 nitrogen and oxygen atoms in total. The molecule has 0 aliphatic heterocycles. The molecule has 9 aromatic rings. The van der Waals surface area contributed by atoms with E-state index >= 15 is 0 Å². The van der Waals surface area contributed by atoms with Crippen LogP contribution in [-0.2, 0) is 42.7 Å². The van der Waals surface area contributed by atoms with Gasteiger partial charge in [-0.1, -0.05) is 228 Å². The first kappa shape index (κ1) is 53.2. The quantitative estimate of drug-likeness (QED) is 0.122. The molecular weight excluding hydrogens is 1090 g/mol. The van der Waals surface area contributed by atoms with Crippen molar-refractivity contribution in [1.82, 2.24) is 14.5 Å². The Balaban J connectivity index is 0.00000711. The second-order valence-corrected chi connectivity index (χ2v) is 30.0. The van der Waals surface area contributed by atoms with Crippen molar-refractivity contribution in [1.29, 1.82) is 0 Å². The smallest absolute Gasteiger partial charge is 0.148 e. The summed E-state index contributed by atoms with van der Waals surface area (Å²) in [4.78, 5) is 10.8. The van der Waals surface area contributed by atoms with Crippen LogP contribution in [0.4, 0.5) is 0 Å². The number of fused-ring (bicyclic) bond motifs is 1. The van der Waals surface area contributed by atoms with Crippen LogP contribution in [-0.4, -0.2) is 27.7 Å². The minimum atomic E-state index is -1.74. The van der Waals surface area contributed by atoms with Crippen molar-refractivity contribution in [3.05, 3.63) is 186 Å². The topological polar surface area (TPSA) is 50.9 Å². The molecule has 1 N–H and O–H groups in total. The summed E-state index contributed by atoms with van der Waals surface area (Å²) >= 11 is 0. The van der Waals surface area contributed by atoms with Gasteiger partial charge in [0.25, 0.3) is 0 Å². The predicted molar refractivity (Wildman–Crippen MR) is 310 cm³/mol. The van der Waals surface area contributed by atoms with E-state index in [0.717, 1.165) is 66.9 Å². The maximum atomic E-state index is 12.6. The molecule has 376 valence electrons. The van der Waals surface area contributed by atoms with Gasteiger partial charge in [0.15, 0.2) is 0 Å². The van der Waals surface area contributed by atoms with E-state index < -0.39 is 8.07 Å². The first-order chi connectivity index (χ1) is 33.8. The van der Waals surface area contributed by atoms with E-state index in [1.54, 1.807) is 0 Å². The van der Waals surface area contributed by atoms with Gasteiger partial charge in [0.05, 0.1) is 30.4 Å². The molecule has 6 heteroatoms. The molecule has 7 aromatic carbocycles. The van der Waals surface area contributed by atoms with Gasteiger partial charge in [0.1, 0.15) is 11.6 Å². The monoisotopic (exact) mass is 1160 g/mol. The Bertz CT molecular complexity index is 3480. The summed E-state index contributed by atoms with van der Waals surface area (Å²) in [6.45, 7) is 34.1.